The van der Waals surface area contributed by atoms with Gasteiger partial charge in [0.05, 0.1) is 0 Å². The van der Waals surface area contributed by atoms with Crippen LogP contribution in [-0.4, -0.2) is 40.0 Å². The largest absolute Gasteiger partial charge is 0.386 e. The number of aliphatic hydroxyl groups is 1. The third kappa shape index (κ3) is 5.33. The first kappa shape index (κ1) is 21.2. The second-order valence-electron chi connectivity index (χ2n) is 5.75. The zero-order chi connectivity index (χ0) is 16.1. The number of benzene rings is 1. The molecular weight excluding hydrogens is 361 g/mol. The number of aromatic nitrogens is 1. The molecule has 0 saturated carbocycles. The maximum Gasteiger partial charge on any atom is 0.248 e. The molecule has 7 heteroatoms. The maximum absolute atomic E-state index is 12.8. The number of hydrogen-bond acceptors (Lipinski definition) is 4. The summed E-state index contributed by atoms with van der Waals surface area (Å²) in [5, 5.41) is 13.9. The number of rotatable bonds is 5. The average Bonchev–Trinajstić information content (AvgIpc) is 3.15. The summed E-state index contributed by atoms with van der Waals surface area (Å²) in [5.74, 6) is -0.0669. The highest BCUT2D eigenvalue weighted by Gasteiger charge is 2.32. The van der Waals surface area contributed by atoms with E-state index < -0.39 is 12.1 Å². The Morgan fingerprint density at radius 1 is 1.08 bits per heavy atom. The second kappa shape index (κ2) is 10.2. The molecule has 1 saturated heterocycles. The molecule has 2 N–H and O–H groups in total. The molecule has 1 fully saturated rings. The number of carbonyl (C=O) groups excluding carboxylic acids is 1. The van der Waals surface area contributed by atoms with Crippen molar-refractivity contribution < 1.29 is 9.90 Å². The molecule has 3 rings (SSSR count). The number of hydrogen-bond donors (Lipinski definition) is 2. The number of para-hydroxylation sites is 1. The van der Waals surface area contributed by atoms with Crippen LogP contribution in [0, 0.1) is 0 Å². The van der Waals surface area contributed by atoms with Crippen molar-refractivity contribution in [3.8, 4) is 0 Å². The van der Waals surface area contributed by atoms with E-state index in [1.54, 1.807) is 24.5 Å². The number of aliphatic hydroxyl groups excluding tert-OH is 1. The van der Waals surface area contributed by atoms with Crippen LogP contribution in [0.4, 0.5) is 5.69 Å². The third-order valence-corrected chi connectivity index (χ3v) is 4.12. The van der Waals surface area contributed by atoms with Crippen LogP contribution in [0.3, 0.4) is 0 Å². The van der Waals surface area contributed by atoms with Gasteiger partial charge in [-0.25, -0.2) is 0 Å². The van der Waals surface area contributed by atoms with Crippen molar-refractivity contribution in [2.75, 3.05) is 18.4 Å². The lowest BCUT2D eigenvalue weighted by molar-refractivity contribution is -0.133. The molecule has 2 atom stereocenters. The lowest BCUT2D eigenvalue weighted by atomic mass is 10.0. The summed E-state index contributed by atoms with van der Waals surface area (Å²) in [7, 11) is 0. The Bertz CT molecular complexity index is 637. The van der Waals surface area contributed by atoms with Crippen LogP contribution < -0.4 is 5.32 Å². The van der Waals surface area contributed by atoms with Crippen molar-refractivity contribution >= 4 is 36.4 Å². The molecule has 1 aliphatic rings. The number of carbonyl (C=O) groups is 1. The van der Waals surface area contributed by atoms with Crippen LogP contribution >= 0.6 is 24.8 Å². The van der Waals surface area contributed by atoms with Gasteiger partial charge < -0.3 is 15.3 Å². The molecular formula is C18H23Cl2N3O2. The Balaban J connectivity index is 0.00000156. The van der Waals surface area contributed by atoms with Gasteiger partial charge in [-0.3, -0.25) is 9.78 Å². The molecule has 1 aromatic carbocycles. The smallest absolute Gasteiger partial charge is 0.248 e. The molecule has 0 aliphatic carbocycles. The molecule has 2 heterocycles. The van der Waals surface area contributed by atoms with Crippen molar-refractivity contribution in [1.82, 2.24) is 9.88 Å². The minimum absolute atomic E-state index is 0. The monoisotopic (exact) mass is 383 g/mol. The molecule has 0 radical (unpaired) electrons. The lowest BCUT2D eigenvalue weighted by Gasteiger charge is -2.28. The first-order valence-corrected chi connectivity index (χ1v) is 7.94. The van der Waals surface area contributed by atoms with E-state index in [2.05, 4.69) is 10.3 Å². The normalized spacial score (nSPS) is 15.5. The topological polar surface area (TPSA) is 65.5 Å². The van der Waals surface area contributed by atoms with E-state index in [0.29, 0.717) is 5.56 Å². The SMILES string of the molecule is Cl.Cl.O=C(C(Nc1ccccc1)C(O)c1cccnc1)N1CCCC1. The molecule has 0 bridgehead atoms. The second-order valence-corrected chi connectivity index (χ2v) is 5.75. The first-order valence-electron chi connectivity index (χ1n) is 7.94. The predicted molar refractivity (Wildman–Crippen MR) is 103 cm³/mol. The van der Waals surface area contributed by atoms with Crippen molar-refractivity contribution in [2.45, 2.75) is 25.0 Å². The van der Waals surface area contributed by atoms with E-state index in [0.717, 1.165) is 31.6 Å². The zero-order valence-electron chi connectivity index (χ0n) is 13.7. The number of halogens is 2. The number of nitrogens with one attached hydrogen (secondary N) is 1. The van der Waals surface area contributed by atoms with Gasteiger partial charge in [-0.05, 0) is 31.0 Å². The minimum atomic E-state index is -0.947. The van der Waals surface area contributed by atoms with Gasteiger partial charge in [-0.1, -0.05) is 24.3 Å². The summed E-state index contributed by atoms with van der Waals surface area (Å²) < 4.78 is 0. The summed E-state index contributed by atoms with van der Waals surface area (Å²) in [5.41, 5.74) is 1.45. The quantitative estimate of drug-likeness (QED) is 0.832. The van der Waals surface area contributed by atoms with E-state index >= 15 is 0 Å². The Hall–Kier alpha value is -1.82. The van der Waals surface area contributed by atoms with Crippen LogP contribution in [-0.2, 0) is 4.79 Å². The fourth-order valence-corrected chi connectivity index (χ4v) is 2.87. The minimum Gasteiger partial charge on any atom is -0.386 e. The summed E-state index contributed by atoms with van der Waals surface area (Å²) in [6.45, 7) is 1.51. The maximum atomic E-state index is 12.8. The van der Waals surface area contributed by atoms with Crippen molar-refractivity contribution in [3.63, 3.8) is 0 Å². The fraction of sp³-hybridized carbons (Fsp3) is 0.333. The number of pyridine rings is 1. The molecule has 0 spiro atoms. The van der Waals surface area contributed by atoms with Gasteiger partial charge in [0.2, 0.25) is 5.91 Å². The molecule has 1 amide bonds. The van der Waals surface area contributed by atoms with Gasteiger partial charge in [0.25, 0.3) is 0 Å². The van der Waals surface area contributed by atoms with Gasteiger partial charge in [-0.2, -0.15) is 0 Å². The lowest BCUT2D eigenvalue weighted by Crippen LogP contribution is -2.45. The van der Waals surface area contributed by atoms with E-state index in [4.69, 9.17) is 0 Å². The molecule has 1 aliphatic heterocycles. The number of nitrogens with zero attached hydrogens (tertiary/aromatic N) is 2. The summed E-state index contributed by atoms with van der Waals surface area (Å²) in [6.07, 6.45) is 4.34. The summed E-state index contributed by atoms with van der Waals surface area (Å²) >= 11 is 0. The van der Waals surface area contributed by atoms with Gasteiger partial charge in [0.1, 0.15) is 12.1 Å². The van der Waals surface area contributed by atoms with Gasteiger partial charge in [0.15, 0.2) is 0 Å². The van der Waals surface area contributed by atoms with Crippen LogP contribution in [0.1, 0.15) is 24.5 Å². The number of anilines is 1. The Morgan fingerprint density at radius 2 is 1.76 bits per heavy atom. The third-order valence-electron chi connectivity index (χ3n) is 4.12. The number of amides is 1. The van der Waals surface area contributed by atoms with E-state index in [9.17, 15) is 9.90 Å². The zero-order valence-corrected chi connectivity index (χ0v) is 15.4. The molecule has 136 valence electrons. The van der Waals surface area contributed by atoms with Crippen molar-refractivity contribution in [3.05, 3.63) is 60.4 Å². The standard InChI is InChI=1S/C18H21N3O2.2ClH/c22-17(14-7-6-10-19-13-14)16(18(23)21-11-4-5-12-21)20-15-8-2-1-3-9-15;;/h1-3,6-10,13,16-17,20,22H,4-5,11-12H2;2*1H. The predicted octanol–water partition coefficient (Wildman–Crippen LogP) is 3.06. The average molecular weight is 384 g/mol. The Morgan fingerprint density at radius 3 is 2.36 bits per heavy atom. The van der Waals surface area contributed by atoms with Crippen molar-refractivity contribution in [2.24, 2.45) is 0 Å². The van der Waals surface area contributed by atoms with Crippen LogP contribution in [0.25, 0.3) is 0 Å². The molecule has 5 nitrogen and oxygen atoms in total. The van der Waals surface area contributed by atoms with Crippen LogP contribution in [0.15, 0.2) is 54.9 Å². The Kier molecular flexibility index (Phi) is 8.69. The fourth-order valence-electron chi connectivity index (χ4n) is 2.87. The molecule has 2 aromatic rings. The van der Waals surface area contributed by atoms with E-state index in [-0.39, 0.29) is 30.7 Å². The highest BCUT2D eigenvalue weighted by atomic mass is 35.5. The van der Waals surface area contributed by atoms with Crippen molar-refractivity contribution in [1.29, 1.82) is 0 Å². The van der Waals surface area contributed by atoms with E-state index in [1.165, 1.54) is 0 Å². The first-order chi connectivity index (χ1) is 11.3. The van der Waals surface area contributed by atoms with Crippen LogP contribution in [0.2, 0.25) is 0 Å². The van der Waals surface area contributed by atoms with Crippen LogP contribution in [0.5, 0.6) is 0 Å². The van der Waals surface area contributed by atoms with Gasteiger partial charge in [-0.15, -0.1) is 24.8 Å². The molecule has 1 aromatic heterocycles. The van der Waals surface area contributed by atoms with E-state index in [1.807, 2.05) is 35.2 Å². The number of likely N-dealkylation sites (tertiary alicyclic amines) is 1. The highest BCUT2D eigenvalue weighted by Crippen LogP contribution is 2.23. The highest BCUT2D eigenvalue weighted by molar-refractivity contribution is 5.86. The molecule has 2 unspecified atom stereocenters. The Labute approximate surface area is 160 Å². The van der Waals surface area contributed by atoms with Gasteiger partial charge in [0, 0.05) is 36.7 Å². The summed E-state index contributed by atoms with van der Waals surface area (Å²) in [6, 6.07) is 12.3. The van der Waals surface area contributed by atoms with Gasteiger partial charge >= 0.3 is 0 Å². The summed E-state index contributed by atoms with van der Waals surface area (Å²) in [4.78, 5) is 18.7. The molecule has 25 heavy (non-hydrogen) atoms.